The van der Waals surface area contributed by atoms with Gasteiger partial charge in [-0.2, -0.15) is 0 Å². The number of pyridine rings is 1. The highest BCUT2D eigenvalue weighted by Gasteiger charge is 2.07. The van der Waals surface area contributed by atoms with Crippen LogP contribution in [0.1, 0.15) is 24.7 Å². The maximum absolute atomic E-state index is 5.28. The molecule has 0 radical (unpaired) electrons. The molecule has 0 fully saturated rings. The summed E-state index contributed by atoms with van der Waals surface area (Å²) >= 11 is 5.28. The maximum Gasteiger partial charge on any atom is 0.133 e. The van der Waals surface area contributed by atoms with E-state index in [-0.39, 0.29) is 0 Å². The fourth-order valence-electron chi connectivity index (χ4n) is 1.70. The quantitative estimate of drug-likeness (QED) is 0.842. The molecule has 0 unspecified atom stereocenters. The molecule has 0 saturated heterocycles. The minimum absolute atomic E-state index is 0.660. The van der Waals surface area contributed by atoms with Crippen molar-refractivity contribution in [3.63, 3.8) is 0 Å². The summed E-state index contributed by atoms with van der Waals surface area (Å²) in [5.41, 5.74) is 2.88. The van der Waals surface area contributed by atoms with Crippen molar-refractivity contribution in [2.45, 2.75) is 26.7 Å². The smallest absolute Gasteiger partial charge is 0.133 e. The highest BCUT2D eigenvalue weighted by Crippen LogP contribution is 2.19. The van der Waals surface area contributed by atoms with E-state index in [0.29, 0.717) is 4.64 Å². The fraction of sp³-hybridized carbons (Fsp3) is 0.308. The van der Waals surface area contributed by atoms with Crippen LogP contribution in [0.4, 0.5) is 0 Å². The molecule has 0 saturated carbocycles. The number of hydrogen-bond acceptors (Lipinski definition) is 3. The Kier molecular flexibility index (Phi) is 3.64. The summed E-state index contributed by atoms with van der Waals surface area (Å²) in [4.78, 5) is 12.1. The summed E-state index contributed by atoms with van der Waals surface area (Å²) in [6, 6.07) is 5.85. The first kappa shape index (κ1) is 11.9. The van der Waals surface area contributed by atoms with E-state index in [9.17, 15) is 0 Å². The number of nitrogens with one attached hydrogen (secondary N) is 1. The lowest BCUT2D eigenvalue weighted by Crippen LogP contribution is -2.01. The molecule has 0 spiro atoms. The summed E-state index contributed by atoms with van der Waals surface area (Å²) in [6.07, 6.45) is 3.73. The van der Waals surface area contributed by atoms with Crippen LogP contribution >= 0.6 is 12.2 Å². The SMILES string of the molecule is CCCc1nc(=S)c(C)c(-c2ccccn2)[nH]1. The molecule has 3 nitrogen and oxygen atoms in total. The lowest BCUT2D eigenvalue weighted by molar-refractivity contribution is 0.828. The van der Waals surface area contributed by atoms with Crippen LogP contribution < -0.4 is 0 Å². The first-order chi connectivity index (χ1) is 8.22. The van der Waals surface area contributed by atoms with E-state index in [4.69, 9.17) is 12.2 Å². The van der Waals surface area contributed by atoms with E-state index in [1.807, 2.05) is 25.1 Å². The molecule has 17 heavy (non-hydrogen) atoms. The van der Waals surface area contributed by atoms with Crippen LogP contribution in [0.3, 0.4) is 0 Å². The van der Waals surface area contributed by atoms with Gasteiger partial charge in [0.15, 0.2) is 0 Å². The molecule has 1 N–H and O–H groups in total. The summed E-state index contributed by atoms with van der Waals surface area (Å²) in [6.45, 7) is 4.10. The largest absolute Gasteiger partial charge is 0.342 e. The average molecular weight is 245 g/mol. The molecule has 0 aliphatic heterocycles. The van der Waals surface area contributed by atoms with Gasteiger partial charge in [0.2, 0.25) is 0 Å². The molecule has 4 heteroatoms. The normalized spacial score (nSPS) is 10.5. The van der Waals surface area contributed by atoms with Crippen molar-refractivity contribution < 1.29 is 0 Å². The van der Waals surface area contributed by atoms with Crippen LogP contribution in [0.5, 0.6) is 0 Å². The number of rotatable bonds is 3. The first-order valence-electron chi connectivity index (χ1n) is 5.73. The number of hydrogen-bond donors (Lipinski definition) is 1. The van der Waals surface area contributed by atoms with Crippen LogP contribution in [0.25, 0.3) is 11.4 Å². The minimum Gasteiger partial charge on any atom is -0.342 e. The maximum atomic E-state index is 5.28. The predicted octanol–water partition coefficient (Wildman–Crippen LogP) is 3.46. The predicted molar refractivity (Wildman–Crippen MR) is 71.4 cm³/mol. The highest BCUT2D eigenvalue weighted by atomic mass is 32.1. The molecule has 0 atom stereocenters. The van der Waals surface area contributed by atoms with Crippen LogP contribution in [0.2, 0.25) is 0 Å². The van der Waals surface area contributed by atoms with Gasteiger partial charge in [-0.25, -0.2) is 4.98 Å². The van der Waals surface area contributed by atoms with Gasteiger partial charge in [-0.15, -0.1) is 0 Å². The number of nitrogens with zero attached hydrogens (tertiary/aromatic N) is 2. The molecule has 0 aliphatic rings. The van der Waals surface area contributed by atoms with Gasteiger partial charge in [-0.05, 0) is 25.5 Å². The van der Waals surface area contributed by atoms with Crippen molar-refractivity contribution in [3.05, 3.63) is 40.4 Å². The number of aromatic amines is 1. The lowest BCUT2D eigenvalue weighted by Gasteiger charge is -2.08. The summed E-state index contributed by atoms with van der Waals surface area (Å²) in [5, 5.41) is 0. The Morgan fingerprint density at radius 3 is 2.82 bits per heavy atom. The Labute approximate surface area is 106 Å². The van der Waals surface area contributed by atoms with Gasteiger partial charge in [0, 0.05) is 18.2 Å². The molecule has 2 rings (SSSR count). The summed E-state index contributed by atoms with van der Waals surface area (Å²) in [5.74, 6) is 0.934. The van der Waals surface area contributed by atoms with Crippen molar-refractivity contribution in [1.82, 2.24) is 15.0 Å². The van der Waals surface area contributed by atoms with Crippen molar-refractivity contribution in [2.75, 3.05) is 0 Å². The standard InChI is InChI=1S/C13H15N3S/c1-3-6-11-15-12(9(2)13(17)16-11)10-7-4-5-8-14-10/h4-5,7-8H,3,6H2,1-2H3,(H,15,16,17). The van der Waals surface area contributed by atoms with Gasteiger partial charge in [0.05, 0.1) is 11.4 Å². The first-order valence-corrected chi connectivity index (χ1v) is 6.14. The van der Waals surface area contributed by atoms with E-state index in [2.05, 4.69) is 21.9 Å². The Morgan fingerprint density at radius 1 is 1.35 bits per heavy atom. The number of aryl methyl sites for hydroxylation is 1. The van der Waals surface area contributed by atoms with E-state index in [0.717, 1.165) is 35.6 Å². The topological polar surface area (TPSA) is 41.6 Å². The number of aromatic nitrogens is 3. The fourth-order valence-corrected chi connectivity index (χ4v) is 1.91. The van der Waals surface area contributed by atoms with Crippen molar-refractivity contribution in [1.29, 1.82) is 0 Å². The van der Waals surface area contributed by atoms with Gasteiger partial charge >= 0.3 is 0 Å². The molecule has 2 heterocycles. The van der Waals surface area contributed by atoms with E-state index in [1.165, 1.54) is 0 Å². The monoisotopic (exact) mass is 245 g/mol. The van der Waals surface area contributed by atoms with Crippen LogP contribution in [0, 0.1) is 11.6 Å². The zero-order valence-corrected chi connectivity index (χ0v) is 10.8. The van der Waals surface area contributed by atoms with Crippen molar-refractivity contribution in [2.24, 2.45) is 0 Å². The number of H-pyrrole nitrogens is 1. The van der Waals surface area contributed by atoms with Gasteiger partial charge in [0.1, 0.15) is 10.5 Å². The molecule has 0 bridgehead atoms. The van der Waals surface area contributed by atoms with Gasteiger partial charge < -0.3 is 4.98 Å². The molecular weight excluding hydrogens is 230 g/mol. The molecule has 0 aromatic carbocycles. The highest BCUT2D eigenvalue weighted by molar-refractivity contribution is 7.71. The van der Waals surface area contributed by atoms with Gasteiger partial charge in [-0.3, -0.25) is 4.98 Å². The second-order valence-corrected chi connectivity index (χ2v) is 4.34. The summed E-state index contributed by atoms with van der Waals surface area (Å²) in [7, 11) is 0. The zero-order chi connectivity index (χ0) is 12.3. The van der Waals surface area contributed by atoms with Gasteiger partial charge in [0.25, 0.3) is 0 Å². The molecular formula is C13H15N3S. The van der Waals surface area contributed by atoms with Crippen LogP contribution in [0.15, 0.2) is 24.4 Å². The Hall–Kier alpha value is -1.55. The van der Waals surface area contributed by atoms with Gasteiger partial charge in [-0.1, -0.05) is 25.2 Å². The zero-order valence-electron chi connectivity index (χ0n) is 10.0. The minimum atomic E-state index is 0.660. The van der Waals surface area contributed by atoms with Crippen LogP contribution in [-0.2, 0) is 6.42 Å². The molecule has 0 amide bonds. The Balaban J connectivity index is 2.57. The molecule has 2 aromatic rings. The molecule has 88 valence electrons. The third kappa shape index (κ3) is 2.58. The van der Waals surface area contributed by atoms with Crippen molar-refractivity contribution >= 4 is 12.2 Å². The Bertz CT molecular complexity index is 561. The second-order valence-electron chi connectivity index (χ2n) is 3.95. The molecule has 2 aromatic heterocycles. The third-order valence-electron chi connectivity index (χ3n) is 2.61. The Morgan fingerprint density at radius 2 is 2.18 bits per heavy atom. The lowest BCUT2D eigenvalue weighted by atomic mass is 10.1. The van der Waals surface area contributed by atoms with E-state index in [1.54, 1.807) is 6.20 Å². The van der Waals surface area contributed by atoms with E-state index >= 15 is 0 Å². The molecule has 0 aliphatic carbocycles. The van der Waals surface area contributed by atoms with E-state index < -0.39 is 0 Å². The summed E-state index contributed by atoms with van der Waals surface area (Å²) < 4.78 is 0.660. The third-order valence-corrected chi connectivity index (χ3v) is 3.01. The van der Waals surface area contributed by atoms with Crippen LogP contribution in [-0.4, -0.2) is 15.0 Å². The average Bonchev–Trinajstić information content (AvgIpc) is 2.35. The van der Waals surface area contributed by atoms with Crippen molar-refractivity contribution in [3.8, 4) is 11.4 Å². The second kappa shape index (κ2) is 5.19.